The lowest BCUT2D eigenvalue weighted by atomic mass is 10.2. The van der Waals surface area contributed by atoms with Gasteiger partial charge in [-0.15, -0.1) is 11.3 Å². The van der Waals surface area contributed by atoms with Crippen LogP contribution in [0.2, 0.25) is 4.34 Å². The van der Waals surface area contributed by atoms with E-state index in [0.717, 1.165) is 21.2 Å². The number of nitrogens with one attached hydrogen (secondary N) is 1. The minimum atomic E-state index is -3.77. The molecule has 0 fully saturated rings. The molecule has 0 aliphatic rings. The average molecular weight is 452 g/mol. The Morgan fingerprint density at radius 1 is 1.17 bits per heavy atom. The van der Waals surface area contributed by atoms with E-state index < -0.39 is 15.9 Å². The van der Waals surface area contributed by atoms with Crippen LogP contribution in [-0.4, -0.2) is 37.2 Å². The van der Waals surface area contributed by atoms with Crippen LogP contribution < -0.4 is 10.1 Å². The van der Waals surface area contributed by atoms with Crippen molar-refractivity contribution < 1.29 is 17.9 Å². The number of thiophene rings is 1. The van der Waals surface area contributed by atoms with Gasteiger partial charge in [-0.1, -0.05) is 41.9 Å². The van der Waals surface area contributed by atoms with Crippen molar-refractivity contribution >= 4 is 44.6 Å². The fourth-order valence-electron chi connectivity index (χ4n) is 2.35. The van der Waals surface area contributed by atoms with E-state index in [9.17, 15) is 13.2 Å². The van der Waals surface area contributed by atoms with Crippen molar-refractivity contribution in [2.45, 2.75) is 10.8 Å². The molecule has 1 aromatic carbocycles. The lowest BCUT2D eigenvalue weighted by molar-refractivity contribution is -0.116. The molecule has 3 aromatic rings. The van der Waals surface area contributed by atoms with Crippen molar-refractivity contribution in [1.29, 1.82) is 0 Å². The van der Waals surface area contributed by atoms with E-state index in [0.29, 0.717) is 22.5 Å². The molecule has 7 nitrogen and oxygen atoms in total. The van der Waals surface area contributed by atoms with Crippen molar-refractivity contribution in [2.75, 3.05) is 18.9 Å². The first-order valence-corrected chi connectivity index (χ1v) is 11.1. The third-order valence-corrected chi connectivity index (χ3v) is 7.33. The molecule has 0 radical (unpaired) electrons. The normalized spacial score (nSPS) is 11.4. The molecule has 0 atom stereocenters. The van der Waals surface area contributed by atoms with Crippen molar-refractivity contribution in [3.05, 3.63) is 70.7 Å². The van der Waals surface area contributed by atoms with Crippen LogP contribution in [0, 0.1) is 0 Å². The van der Waals surface area contributed by atoms with Gasteiger partial charge in [-0.25, -0.2) is 13.4 Å². The van der Waals surface area contributed by atoms with Crippen molar-refractivity contribution in [3.63, 3.8) is 0 Å². The number of benzene rings is 1. The molecule has 0 unspecified atom stereocenters. The van der Waals surface area contributed by atoms with Gasteiger partial charge in [0.05, 0.1) is 22.8 Å². The number of ether oxygens (including phenoxy) is 1. The monoisotopic (exact) mass is 451 g/mol. The summed E-state index contributed by atoms with van der Waals surface area (Å²) in [5, 5.41) is 2.62. The SMILES string of the molecule is CN(CC(=O)Nc1ccc(OCc2ccccc2)nc1)S(=O)(=O)c1ccc(Cl)s1. The first kappa shape index (κ1) is 21.3. The van der Waals surface area contributed by atoms with Gasteiger partial charge in [0.25, 0.3) is 10.0 Å². The number of nitrogens with zero attached hydrogens (tertiary/aromatic N) is 2. The van der Waals surface area contributed by atoms with E-state index in [1.54, 1.807) is 12.1 Å². The van der Waals surface area contributed by atoms with Gasteiger partial charge in [-0.2, -0.15) is 4.31 Å². The summed E-state index contributed by atoms with van der Waals surface area (Å²) in [6, 6.07) is 15.9. The largest absolute Gasteiger partial charge is 0.473 e. The molecule has 0 aliphatic heterocycles. The molecule has 2 heterocycles. The molecule has 0 spiro atoms. The Morgan fingerprint density at radius 2 is 1.93 bits per heavy atom. The minimum absolute atomic E-state index is 0.0828. The van der Waals surface area contributed by atoms with Gasteiger partial charge in [0, 0.05) is 13.1 Å². The fourth-order valence-corrected chi connectivity index (χ4v) is 5.17. The number of halogens is 1. The molecule has 0 aliphatic carbocycles. The number of sulfonamides is 1. The molecule has 1 amide bonds. The van der Waals surface area contributed by atoms with Gasteiger partial charge in [-0.05, 0) is 23.8 Å². The maximum absolute atomic E-state index is 12.4. The Kier molecular flexibility index (Phi) is 6.86. The molecule has 0 saturated heterocycles. The molecule has 29 heavy (non-hydrogen) atoms. The van der Waals surface area contributed by atoms with Gasteiger partial charge in [-0.3, -0.25) is 4.79 Å². The first-order valence-electron chi connectivity index (χ1n) is 8.49. The minimum Gasteiger partial charge on any atom is -0.473 e. The predicted octanol–water partition coefficient (Wildman–Crippen LogP) is 3.63. The maximum atomic E-state index is 12.4. The van der Waals surface area contributed by atoms with Crippen LogP contribution in [-0.2, 0) is 21.4 Å². The standard InChI is InChI=1S/C19H18ClN3O4S2/c1-23(29(25,26)19-10-8-16(20)28-19)12-17(24)22-15-7-9-18(21-11-15)27-13-14-5-3-2-4-6-14/h2-11H,12-13H2,1H3,(H,22,24). The second-order valence-corrected chi connectivity index (χ2v) is 10.0. The third-order valence-electron chi connectivity index (χ3n) is 3.83. The van der Waals surface area contributed by atoms with E-state index in [4.69, 9.17) is 16.3 Å². The number of amides is 1. The molecule has 10 heteroatoms. The lowest BCUT2D eigenvalue weighted by Gasteiger charge is -2.15. The summed E-state index contributed by atoms with van der Waals surface area (Å²) in [7, 11) is -2.44. The van der Waals surface area contributed by atoms with Crippen LogP contribution in [0.15, 0.2) is 65.0 Å². The first-order chi connectivity index (χ1) is 13.8. The molecule has 2 aromatic heterocycles. The summed E-state index contributed by atoms with van der Waals surface area (Å²) < 4.78 is 31.9. The van der Waals surface area contributed by atoms with Crippen LogP contribution >= 0.6 is 22.9 Å². The highest BCUT2D eigenvalue weighted by Crippen LogP contribution is 2.27. The number of rotatable bonds is 8. The van der Waals surface area contributed by atoms with Crippen LogP contribution in [0.3, 0.4) is 0 Å². The van der Waals surface area contributed by atoms with Gasteiger partial charge < -0.3 is 10.1 Å². The highest BCUT2D eigenvalue weighted by atomic mass is 35.5. The molecule has 3 rings (SSSR count). The average Bonchev–Trinajstić information content (AvgIpc) is 3.15. The van der Waals surface area contributed by atoms with E-state index in [1.165, 1.54) is 25.4 Å². The summed E-state index contributed by atoms with van der Waals surface area (Å²) in [6.07, 6.45) is 1.45. The number of hydrogen-bond acceptors (Lipinski definition) is 6. The number of carbonyl (C=O) groups excluding carboxylic acids is 1. The van der Waals surface area contributed by atoms with Gasteiger partial charge in [0.2, 0.25) is 11.8 Å². The van der Waals surface area contributed by atoms with Crippen molar-refractivity contribution in [3.8, 4) is 5.88 Å². The Morgan fingerprint density at radius 3 is 2.55 bits per heavy atom. The highest BCUT2D eigenvalue weighted by molar-refractivity contribution is 7.91. The fraction of sp³-hybridized carbons (Fsp3) is 0.158. The van der Waals surface area contributed by atoms with Crippen LogP contribution in [0.25, 0.3) is 0 Å². The smallest absolute Gasteiger partial charge is 0.252 e. The summed E-state index contributed by atoms with van der Waals surface area (Å²) in [6.45, 7) is 0.0407. The van der Waals surface area contributed by atoms with Crippen LogP contribution in [0.1, 0.15) is 5.56 Å². The summed E-state index contributed by atoms with van der Waals surface area (Å²) in [4.78, 5) is 16.3. The number of hydrogen-bond donors (Lipinski definition) is 1. The molecule has 1 N–H and O–H groups in total. The lowest BCUT2D eigenvalue weighted by Crippen LogP contribution is -2.34. The Hall–Kier alpha value is -2.46. The van der Waals surface area contributed by atoms with E-state index in [-0.39, 0.29) is 10.8 Å². The van der Waals surface area contributed by atoms with Gasteiger partial charge >= 0.3 is 0 Å². The zero-order valence-electron chi connectivity index (χ0n) is 15.4. The van der Waals surface area contributed by atoms with Crippen LogP contribution in [0.5, 0.6) is 5.88 Å². The van der Waals surface area contributed by atoms with E-state index in [2.05, 4.69) is 10.3 Å². The Balaban J connectivity index is 1.53. The molecule has 152 valence electrons. The summed E-state index contributed by atoms with van der Waals surface area (Å²) in [5.74, 6) is -0.0698. The number of aromatic nitrogens is 1. The third kappa shape index (κ3) is 5.77. The number of carbonyl (C=O) groups is 1. The Labute approximate surface area is 178 Å². The number of pyridine rings is 1. The zero-order valence-corrected chi connectivity index (χ0v) is 17.8. The van der Waals surface area contributed by atoms with Gasteiger partial charge in [0.15, 0.2) is 0 Å². The predicted molar refractivity (Wildman–Crippen MR) is 113 cm³/mol. The second-order valence-electron chi connectivity index (χ2n) is 6.03. The van der Waals surface area contributed by atoms with Crippen molar-refractivity contribution in [2.24, 2.45) is 0 Å². The number of likely N-dealkylation sites (N-methyl/N-ethyl adjacent to an activating group) is 1. The quantitative estimate of drug-likeness (QED) is 0.564. The van der Waals surface area contributed by atoms with Gasteiger partial charge in [0.1, 0.15) is 10.8 Å². The highest BCUT2D eigenvalue weighted by Gasteiger charge is 2.24. The second kappa shape index (κ2) is 9.36. The maximum Gasteiger partial charge on any atom is 0.252 e. The Bertz CT molecular complexity index is 1070. The molecular formula is C19H18ClN3O4S2. The van der Waals surface area contributed by atoms with E-state index >= 15 is 0 Å². The summed E-state index contributed by atoms with van der Waals surface area (Å²) in [5.41, 5.74) is 1.45. The molecular weight excluding hydrogens is 434 g/mol. The van der Waals surface area contributed by atoms with E-state index in [1.807, 2.05) is 30.3 Å². The summed E-state index contributed by atoms with van der Waals surface area (Å²) >= 11 is 6.73. The number of anilines is 1. The topological polar surface area (TPSA) is 88.6 Å². The molecule has 0 saturated carbocycles. The molecule has 0 bridgehead atoms. The van der Waals surface area contributed by atoms with Crippen molar-refractivity contribution in [1.82, 2.24) is 9.29 Å². The van der Waals surface area contributed by atoms with Crippen LogP contribution in [0.4, 0.5) is 5.69 Å². The zero-order chi connectivity index (χ0) is 20.9.